The van der Waals surface area contributed by atoms with Gasteiger partial charge in [-0.3, -0.25) is 0 Å². The number of hydrogen-bond donors (Lipinski definition) is 2. The lowest BCUT2D eigenvalue weighted by molar-refractivity contribution is 0.303. The van der Waals surface area contributed by atoms with Crippen molar-refractivity contribution in [3.8, 4) is 5.75 Å². The van der Waals surface area contributed by atoms with Gasteiger partial charge in [0, 0.05) is 21.2 Å². The Kier molecular flexibility index (Phi) is 5.02. The summed E-state index contributed by atoms with van der Waals surface area (Å²) in [6, 6.07) is 12.9. The number of nitrogens with two attached hydrogens (primary N) is 1. The van der Waals surface area contributed by atoms with Crippen molar-refractivity contribution in [2.24, 2.45) is 0 Å². The lowest BCUT2D eigenvalue weighted by Gasteiger charge is -2.13. The maximum Gasteiger partial charge on any atom is 0.260 e. The molecule has 0 saturated heterocycles. The van der Waals surface area contributed by atoms with E-state index in [1.165, 1.54) is 4.79 Å². The van der Waals surface area contributed by atoms with E-state index >= 15 is 0 Å². The van der Waals surface area contributed by atoms with Crippen LogP contribution in [-0.4, -0.2) is 20.3 Å². The quantitative estimate of drug-likeness (QED) is 0.698. The molecular formula is C15H14Cl2N6O. The summed E-state index contributed by atoms with van der Waals surface area (Å²) >= 11 is 12.1. The molecule has 0 spiro atoms. The van der Waals surface area contributed by atoms with E-state index in [1.807, 2.05) is 30.3 Å². The molecule has 1 aromatic heterocycles. The SMILES string of the molecule is Nc1nnnn1NCc1ccccc1OCc1ccc(Cl)cc1Cl. The molecule has 0 aliphatic rings. The number of anilines is 1. The van der Waals surface area contributed by atoms with Crippen LogP contribution in [0.3, 0.4) is 0 Å². The number of nitrogens with one attached hydrogen (secondary N) is 1. The highest BCUT2D eigenvalue weighted by molar-refractivity contribution is 6.35. The Hall–Kier alpha value is -2.51. The first kappa shape index (κ1) is 16.4. The summed E-state index contributed by atoms with van der Waals surface area (Å²) in [6.07, 6.45) is 0. The van der Waals surface area contributed by atoms with Crippen LogP contribution in [0.15, 0.2) is 42.5 Å². The second-order valence-corrected chi connectivity index (χ2v) is 5.76. The molecule has 3 rings (SSSR count). The lowest BCUT2D eigenvalue weighted by Crippen LogP contribution is -2.18. The zero-order valence-corrected chi connectivity index (χ0v) is 14.0. The standard InChI is InChI=1S/C15H14Cl2N6O/c16-12-6-5-11(13(17)7-12)9-24-14-4-2-1-3-10(14)8-19-23-15(18)20-21-22-23/h1-7,19H,8-9H2,(H2,18,20,22). The summed E-state index contributed by atoms with van der Waals surface area (Å²) in [7, 11) is 0. The summed E-state index contributed by atoms with van der Waals surface area (Å²) in [6.45, 7) is 0.778. The van der Waals surface area contributed by atoms with E-state index in [1.54, 1.807) is 12.1 Å². The van der Waals surface area contributed by atoms with E-state index in [2.05, 4.69) is 21.0 Å². The van der Waals surface area contributed by atoms with Crippen LogP contribution in [0, 0.1) is 0 Å². The topological polar surface area (TPSA) is 90.9 Å². The largest absolute Gasteiger partial charge is 0.488 e. The molecule has 124 valence electrons. The molecule has 1 heterocycles. The van der Waals surface area contributed by atoms with E-state index in [9.17, 15) is 0 Å². The highest BCUT2D eigenvalue weighted by Gasteiger charge is 2.07. The second kappa shape index (κ2) is 7.37. The molecule has 3 N–H and O–H groups in total. The van der Waals surface area contributed by atoms with Gasteiger partial charge in [-0.2, -0.15) is 0 Å². The third-order valence-electron chi connectivity index (χ3n) is 3.28. The zero-order chi connectivity index (χ0) is 16.9. The number of tetrazole rings is 1. The number of aromatic nitrogens is 4. The molecular weight excluding hydrogens is 351 g/mol. The normalized spacial score (nSPS) is 10.6. The Labute approximate surface area is 148 Å². The first-order chi connectivity index (χ1) is 11.6. The molecule has 2 aromatic carbocycles. The van der Waals surface area contributed by atoms with Crippen molar-refractivity contribution in [2.45, 2.75) is 13.2 Å². The monoisotopic (exact) mass is 364 g/mol. The second-order valence-electron chi connectivity index (χ2n) is 4.92. The molecule has 0 aliphatic carbocycles. The molecule has 0 unspecified atom stereocenters. The minimum Gasteiger partial charge on any atom is -0.488 e. The van der Waals surface area contributed by atoms with Crippen LogP contribution in [0.25, 0.3) is 0 Å². The number of para-hydroxylation sites is 1. The molecule has 0 amide bonds. The van der Waals surface area contributed by atoms with Gasteiger partial charge >= 0.3 is 0 Å². The van der Waals surface area contributed by atoms with E-state index in [4.69, 9.17) is 33.7 Å². The van der Waals surface area contributed by atoms with E-state index < -0.39 is 0 Å². The molecule has 3 aromatic rings. The van der Waals surface area contributed by atoms with Crippen molar-refractivity contribution in [3.05, 3.63) is 63.6 Å². The minimum atomic E-state index is 0.182. The molecule has 9 heteroatoms. The van der Waals surface area contributed by atoms with Crippen LogP contribution in [-0.2, 0) is 13.2 Å². The summed E-state index contributed by atoms with van der Waals surface area (Å²) in [5, 5.41) is 12.0. The van der Waals surface area contributed by atoms with E-state index in [-0.39, 0.29) is 5.95 Å². The molecule has 0 atom stereocenters. The van der Waals surface area contributed by atoms with Gasteiger partial charge in [0.15, 0.2) is 0 Å². The van der Waals surface area contributed by atoms with Gasteiger partial charge in [-0.15, -0.1) is 4.79 Å². The fraction of sp³-hybridized carbons (Fsp3) is 0.133. The molecule has 0 aliphatic heterocycles. The van der Waals surface area contributed by atoms with Crippen molar-refractivity contribution < 1.29 is 4.74 Å². The number of rotatable bonds is 6. The van der Waals surface area contributed by atoms with Gasteiger partial charge < -0.3 is 15.9 Å². The molecule has 0 bridgehead atoms. The van der Waals surface area contributed by atoms with Crippen LogP contribution in [0.5, 0.6) is 5.75 Å². The van der Waals surface area contributed by atoms with Crippen LogP contribution < -0.4 is 15.9 Å². The predicted molar refractivity (Wildman–Crippen MR) is 92.5 cm³/mol. The van der Waals surface area contributed by atoms with Gasteiger partial charge in [-0.05, 0) is 28.6 Å². The maximum atomic E-state index is 6.17. The van der Waals surface area contributed by atoms with Gasteiger partial charge in [0.05, 0.1) is 6.54 Å². The smallest absolute Gasteiger partial charge is 0.260 e. The van der Waals surface area contributed by atoms with Crippen LogP contribution in [0.1, 0.15) is 11.1 Å². The molecule has 24 heavy (non-hydrogen) atoms. The Morgan fingerprint density at radius 1 is 1.12 bits per heavy atom. The fourth-order valence-electron chi connectivity index (χ4n) is 2.05. The third kappa shape index (κ3) is 3.87. The summed E-state index contributed by atoms with van der Waals surface area (Å²) in [4.78, 5) is 1.30. The molecule has 7 nitrogen and oxygen atoms in total. The average Bonchev–Trinajstić information content (AvgIpc) is 2.98. The Bertz CT molecular complexity index is 838. The van der Waals surface area contributed by atoms with Crippen molar-refractivity contribution in [1.29, 1.82) is 0 Å². The first-order valence-corrected chi connectivity index (χ1v) is 7.81. The molecule has 0 fully saturated rings. The third-order valence-corrected chi connectivity index (χ3v) is 3.87. The van der Waals surface area contributed by atoms with E-state index in [0.29, 0.717) is 23.2 Å². The minimum absolute atomic E-state index is 0.182. The summed E-state index contributed by atoms with van der Waals surface area (Å²) in [5.74, 6) is 0.906. The maximum absolute atomic E-state index is 6.17. The number of benzene rings is 2. The lowest BCUT2D eigenvalue weighted by atomic mass is 10.2. The predicted octanol–water partition coefficient (Wildman–Crippen LogP) is 2.88. The highest BCUT2D eigenvalue weighted by Crippen LogP contribution is 2.24. The van der Waals surface area contributed by atoms with Gasteiger partial charge in [0.2, 0.25) is 0 Å². The number of nitrogen functional groups attached to an aromatic ring is 1. The van der Waals surface area contributed by atoms with Gasteiger partial charge in [-0.25, -0.2) is 0 Å². The van der Waals surface area contributed by atoms with Gasteiger partial charge in [-0.1, -0.05) is 52.6 Å². The number of halogens is 2. The Morgan fingerprint density at radius 2 is 1.96 bits per heavy atom. The molecule has 0 saturated carbocycles. The van der Waals surface area contributed by atoms with Crippen LogP contribution in [0.2, 0.25) is 10.0 Å². The number of nitrogens with zero attached hydrogens (tertiary/aromatic N) is 4. The Morgan fingerprint density at radius 3 is 2.71 bits per heavy atom. The van der Waals surface area contributed by atoms with Gasteiger partial charge in [0.1, 0.15) is 12.4 Å². The Balaban J connectivity index is 1.68. The van der Waals surface area contributed by atoms with Crippen molar-refractivity contribution >= 4 is 29.2 Å². The average molecular weight is 365 g/mol. The molecule has 0 radical (unpaired) electrons. The number of ether oxygens (including phenoxy) is 1. The van der Waals surface area contributed by atoms with Crippen molar-refractivity contribution in [2.75, 3.05) is 11.2 Å². The zero-order valence-electron chi connectivity index (χ0n) is 12.5. The van der Waals surface area contributed by atoms with Crippen molar-refractivity contribution in [3.63, 3.8) is 0 Å². The number of hydrogen-bond acceptors (Lipinski definition) is 6. The fourth-order valence-corrected chi connectivity index (χ4v) is 2.51. The highest BCUT2D eigenvalue weighted by atomic mass is 35.5. The summed E-state index contributed by atoms with van der Waals surface area (Å²) < 4.78 is 5.88. The first-order valence-electron chi connectivity index (χ1n) is 7.06. The van der Waals surface area contributed by atoms with Gasteiger partial charge in [0.25, 0.3) is 5.95 Å². The van der Waals surface area contributed by atoms with Crippen molar-refractivity contribution in [1.82, 2.24) is 20.3 Å². The van der Waals surface area contributed by atoms with Crippen LogP contribution >= 0.6 is 23.2 Å². The summed E-state index contributed by atoms with van der Waals surface area (Å²) in [5.41, 5.74) is 10.4. The van der Waals surface area contributed by atoms with E-state index in [0.717, 1.165) is 16.9 Å². The van der Waals surface area contributed by atoms with Crippen LogP contribution in [0.4, 0.5) is 5.95 Å².